The number of ether oxygens (including phenoxy) is 1. The summed E-state index contributed by atoms with van der Waals surface area (Å²) in [5, 5.41) is 2.94. The lowest BCUT2D eigenvalue weighted by Crippen LogP contribution is -2.32. The summed E-state index contributed by atoms with van der Waals surface area (Å²) in [5.41, 5.74) is 3.79. The van der Waals surface area contributed by atoms with Crippen molar-refractivity contribution in [3.63, 3.8) is 0 Å². The predicted molar refractivity (Wildman–Crippen MR) is 114 cm³/mol. The number of hydrogen-bond donors (Lipinski definition) is 1. The normalized spacial score (nSPS) is 14.0. The van der Waals surface area contributed by atoms with Gasteiger partial charge in [-0.1, -0.05) is 12.1 Å². The molecular weight excluding hydrogens is 396 g/mol. The number of urea groups is 1. The maximum Gasteiger partial charge on any atom is 0.387 e. The van der Waals surface area contributed by atoms with E-state index in [0.717, 1.165) is 41.4 Å². The number of carbonyl (C=O) groups is 1. The molecule has 1 heterocycles. The van der Waals surface area contributed by atoms with Crippen LogP contribution in [0.2, 0.25) is 0 Å². The van der Waals surface area contributed by atoms with Crippen LogP contribution in [0.5, 0.6) is 5.75 Å². The van der Waals surface area contributed by atoms with Gasteiger partial charge in [0.25, 0.3) is 0 Å². The molecule has 1 fully saturated rings. The average Bonchev–Trinajstić information content (AvgIpc) is 2.71. The van der Waals surface area contributed by atoms with Crippen LogP contribution in [0, 0.1) is 6.92 Å². The molecule has 0 radical (unpaired) electrons. The molecular formula is C21H25F2N3O2S. The molecule has 0 spiro atoms. The van der Waals surface area contributed by atoms with Crippen molar-refractivity contribution < 1.29 is 18.3 Å². The maximum absolute atomic E-state index is 12.5. The molecule has 1 N–H and O–H groups in total. The monoisotopic (exact) mass is 421 g/mol. The molecule has 2 amide bonds. The van der Waals surface area contributed by atoms with Gasteiger partial charge in [0.05, 0.1) is 0 Å². The molecule has 0 unspecified atom stereocenters. The molecule has 2 aromatic rings. The molecule has 0 bridgehead atoms. The molecule has 29 heavy (non-hydrogen) atoms. The van der Waals surface area contributed by atoms with E-state index < -0.39 is 6.61 Å². The Balaban J connectivity index is 1.57. The van der Waals surface area contributed by atoms with Crippen molar-refractivity contribution in [2.24, 2.45) is 0 Å². The fourth-order valence-electron chi connectivity index (χ4n) is 3.14. The summed E-state index contributed by atoms with van der Waals surface area (Å²) >= 11 is 1.97. The second-order valence-electron chi connectivity index (χ2n) is 6.91. The second kappa shape index (κ2) is 9.82. The lowest BCUT2D eigenvalue weighted by molar-refractivity contribution is -0.0498. The van der Waals surface area contributed by atoms with Crippen molar-refractivity contribution >= 4 is 29.2 Å². The number of nitrogens with one attached hydrogen (secondary N) is 1. The van der Waals surface area contributed by atoms with Crippen LogP contribution in [0.1, 0.15) is 11.1 Å². The van der Waals surface area contributed by atoms with Gasteiger partial charge in [0.1, 0.15) is 5.75 Å². The minimum absolute atomic E-state index is 0.0962. The molecule has 1 saturated heterocycles. The molecule has 1 aliphatic heterocycles. The van der Waals surface area contributed by atoms with Crippen molar-refractivity contribution in [3.8, 4) is 5.75 Å². The van der Waals surface area contributed by atoms with Crippen LogP contribution in [0.3, 0.4) is 0 Å². The molecule has 0 aliphatic carbocycles. The van der Waals surface area contributed by atoms with Gasteiger partial charge in [0.15, 0.2) is 0 Å². The Morgan fingerprint density at radius 1 is 1.21 bits per heavy atom. The van der Waals surface area contributed by atoms with Gasteiger partial charge in [-0.05, 0) is 48.4 Å². The number of nitrogens with zero attached hydrogens (tertiary/aromatic N) is 2. The fraction of sp³-hybridized carbons (Fsp3) is 0.381. The predicted octanol–water partition coefficient (Wildman–Crippen LogP) is 4.81. The molecule has 3 rings (SSSR count). The van der Waals surface area contributed by atoms with Crippen LogP contribution < -0.4 is 15.0 Å². The lowest BCUT2D eigenvalue weighted by Gasteiger charge is -2.29. The van der Waals surface area contributed by atoms with Gasteiger partial charge in [-0.3, -0.25) is 0 Å². The van der Waals surface area contributed by atoms with Crippen molar-refractivity contribution in [2.75, 3.05) is 41.9 Å². The molecule has 1 aliphatic rings. The number of benzene rings is 2. The van der Waals surface area contributed by atoms with E-state index >= 15 is 0 Å². The quantitative estimate of drug-likeness (QED) is 0.727. The van der Waals surface area contributed by atoms with Gasteiger partial charge in [-0.2, -0.15) is 20.5 Å². The van der Waals surface area contributed by atoms with Crippen LogP contribution in [0.15, 0.2) is 42.5 Å². The van der Waals surface area contributed by atoms with Crippen molar-refractivity contribution in [1.82, 2.24) is 4.90 Å². The van der Waals surface area contributed by atoms with Crippen LogP contribution in [0.4, 0.5) is 25.0 Å². The fourth-order valence-corrected chi connectivity index (χ4v) is 4.04. The Labute approximate surface area is 174 Å². The molecule has 5 nitrogen and oxygen atoms in total. The minimum atomic E-state index is -2.85. The highest BCUT2D eigenvalue weighted by Crippen LogP contribution is 2.25. The van der Waals surface area contributed by atoms with E-state index in [2.05, 4.69) is 21.0 Å². The highest BCUT2D eigenvalue weighted by Gasteiger charge is 2.14. The van der Waals surface area contributed by atoms with Crippen molar-refractivity contribution in [2.45, 2.75) is 20.1 Å². The Morgan fingerprint density at radius 2 is 1.90 bits per heavy atom. The van der Waals surface area contributed by atoms with Gasteiger partial charge in [-0.25, -0.2) is 4.79 Å². The standard InChI is InChI=1S/C21H25F2N3O2S/c1-15-13-17(26-9-11-29-12-10-26)5-8-19(15)24-21(27)25(2)14-16-3-6-18(7-4-16)28-20(22)23/h3-8,13,20H,9-12,14H2,1-2H3,(H,24,27). The number of aryl methyl sites for hydroxylation is 1. The molecule has 0 aromatic heterocycles. The smallest absolute Gasteiger partial charge is 0.387 e. The number of amides is 2. The van der Waals surface area contributed by atoms with Gasteiger partial charge in [-0.15, -0.1) is 0 Å². The topological polar surface area (TPSA) is 44.8 Å². The molecule has 0 atom stereocenters. The van der Waals surface area contributed by atoms with Gasteiger partial charge in [0, 0.05) is 49.6 Å². The van der Waals surface area contributed by atoms with E-state index in [1.807, 2.05) is 30.8 Å². The van der Waals surface area contributed by atoms with Crippen molar-refractivity contribution in [3.05, 3.63) is 53.6 Å². The zero-order valence-electron chi connectivity index (χ0n) is 16.5. The van der Waals surface area contributed by atoms with E-state index in [-0.39, 0.29) is 11.8 Å². The highest BCUT2D eigenvalue weighted by molar-refractivity contribution is 7.99. The number of halogens is 2. The van der Waals surface area contributed by atoms with Gasteiger partial charge >= 0.3 is 12.6 Å². The van der Waals surface area contributed by atoms with Crippen LogP contribution in [0.25, 0.3) is 0 Å². The summed E-state index contributed by atoms with van der Waals surface area (Å²) in [6.45, 7) is 1.57. The first kappa shape index (κ1) is 21.2. The summed E-state index contributed by atoms with van der Waals surface area (Å²) in [7, 11) is 1.69. The average molecular weight is 422 g/mol. The first-order valence-electron chi connectivity index (χ1n) is 9.41. The van der Waals surface area contributed by atoms with E-state index in [0.29, 0.717) is 6.54 Å². The minimum Gasteiger partial charge on any atom is -0.435 e. The second-order valence-corrected chi connectivity index (χ2v) is 8.13. The number of anilines is 2. The Hall–Kier alpha value is -2.48. The zero-order chi connectivity index (χ0) is 20.8. The zero-order valence-corrected chi connectivity index (χ0v) is 17.3. The lowest BCUT2D eigenvalue weighted by atomic mass is 10.1. The summed E-state index contributed by atoms with van der Waals surface area (Å²) in [5.74, 6) is 2.37. The molecule has 156 valence electrons. The first-order valence-corrected chi connectivity index (χ1v) is 10.6. The number of alkyl halides is 2. The largest absolute Gasteiger partial charge is 0.435 e. The van der Waals surface area contributed by atoms with Crippen LogP contribution in [-0.4, -0.2) is 49.2 Å². The third-order valence-corrected chi connectivity index (χ3v) is 5.69. The number of carbonyl (C=O) groups excluding carboxylic acids is 1. The number of rotatable bonds is 6. The first-order chi connectivity index (χ1) is 13.9. The van der Waals surface area contributed by atoms with E-state index in [4.69, 9.17) is 0 Å². The molecule has 0 saturated carbocycles. The van der Waals surface area contributed by atoms with Gasteiger partial charge < -0.3 is 19.9 Å². The number of hydrogen-bond acceptors (Lipinski definition) is 4. The maximum atomic E-state index is 12.5. The third-order valence-electron chi connectivity index (χ3n) is 4.74. The molecule has 8 heteroatoms. The summed E-state index contributed by atoms with van der Waals surface area (Å²) in [6, 6.07) is 12.1. The number of thioether (sulfide) groups is 1. The van der Waals surface area contributed by atoms with E-state index in [1.165, 1.54) is 22.7 Å². The summed E-state index contributed by atoms with van der Waals surface area (Å²) in [4.78, 5) is 16.4. The van der Waals surface area contributed by atoms with Crippen LogP contribution in [-0.2, 0) is 6.54 Å². The highest BCUT2D eigenvalue weighted by atomic mass is 32.2. The van der Waals surface area contributed by atoms with Gasteiger partial charge in [0.2, 0.25) is 0 Å². The summed E-state index contributed by atoms with van der Waals surface area (Å²) in [6.07, 6.45) is 0. The molecule has 2 aromatic carbocycles. The van der Waals surface area contributed by atoms with E-state index in [9.17, 15) is 13.6 Å². The Bertz CT molecular complexity index is 827. The van der Waals surface area contributed by atoms with Crippen molar-refractivity contribution in [1.29, 1.82) is 0 Å². The third kappa shape index (κ3) is 6.00. The van der Waals surface area contributed by atoms with Crippen LogP contribution >= 0.6 is 11.8 Å². The summed E-state index contributed by atoms with van der Waals surface area (Å²) < 4.78 is 28.8. The Morgan fingerprint density at radius 3 is 2.52 bits per heavy atom. The Kier molecular flexibility index (Phi) is 7.19. The SMILES string of the molecule is Cc1cc(N2CCSCC2)ccc1NC(=O)N(C)Cc1ccc(OC(F)F)cc1. The van der Waals surface area contributed by atoms with E-state index in [1.54, 1.807) is 19.2 Å².